The van der Waals surface area contributed by atoms with Crippen LogP contribution in [0.1, 0.15) is 19.8 Å². The summed E-state index contributed by atoms with van der Waals surface area (Å²) < 4.78 is 4.47. The SMILES string of the molecule is COC(=O)C(C)NC(=O)C1=CCC1. The highest BCUT2D eigenvalue weighted by Crippen LogP contribution is 2.17. The Morgan fingerprint density at radius 3 is 2.62 bits per heavy atom. The second-order valence-corrected chi connectivity index (χ2v) is 2.99. The Morgan fingerprint density at radius 1 is 1.62 bits per heavy atom. The molecule has 0 aromatic heterocycles. The van der Waals surface area contributed by atoms with E-state index in [4.69, 9.17) is 0 Å². The van der Waals surface area contributed by atoms with Gasteiger partial charge in [0.2, 0.25) is 5.91 Å². The van der Waals surface area contributed by atoms with E-state index in [0.717, 1.165) is 18.4 Å². The van der Waals surface area contributed by atoms with Gasteiger partial charge in [0.1, 0.15) is 6.04 Å². The van der Waals surface area contributed by atoms with E-state index in [0.29, 0.717) is 0 Å². The molecule has 0 spiro atoms. The quantitative estimate of drug-likeness (QED) is 0.644. The number of nitrogens with one attached hydrogen (secondary N) is 1. The van der Waals surface area contributed by atoms with Crippen LogP contribution >= 0.6 is 0 Å². The van der Waals surface area contributed by atoms with Gasteiger partial charge in [0.05, 0.1) is 7.11 Å². The second-order valence-electron chi connectivity index (χ2n) is 2.99. The van der Waals surface area contributed by atoms with Crippen molar-refractivity contribution < 1.29 is 14.3 Å². The van der Waals surface area contributed by atoms with Crippen LogP contribution < -0.4 is 5.32 Å². The summed E-state index contributed by atoms with van der Waals surface area (Å²) in [6.45, 7) is 1.60. The second kappa shape index (κ2) is 4.07. The minimum absolute atomic E-state index is 0.163. The molecular weight excluding hydrogens is 170 g/mol. The van der Waals surface area contributed by atoms with Crippen molar-refractivity contribution >= 4 is 11.9 Å². The topological polar surface area (TPSA) is 55.4 Å². The Morgan fingerprint density at radius 2 is 2.23 bits per heavy atom. The van der Waals surface area contributed by atoms with Crippen molar-refractivity contribution in [2.75, 3.05) is 7.11 Å². The molecule has 0 aliphatic heterocycles. The number of hydrogen-bond donors (Lipinski definition) is 1. The van der Waals surface area contributed by atoms with E-state index in [1.165, 1.54) is 7.11 Å². The van der Waals surface area contributed by atoms with Gasteiger partial charge in [-0.2, -0.15) is 0 Å². The summed E-state index contributed by atoms with van der Waals surface area (Å²) in [5, 5.41) is 2.55. The molecule has 0 fully saturated rings. The molecular formula is C9H13NO3. The minimum Gasteiger partial charge on any atom is -0.467 e. The lowest BCUT2D eigenvalue weighted by atomic mass is 9.98. The predicted molar refractivity (Wildman–Crippen MR) is 46.9 cm³/mol. The lowest BCUT2D eigenvalue weighted by Crippen LogP contribution is -2.40. The van der Waals surface area contributed by atoms with Gasteiger partial charge < -0.3 is 10.1 Å². The molecule has 1 rings (SSSR count). The lowest BCUT2D eigenvalue weighted by molar-refractivity contribution is -0.144. The summed E-state index contributed by atoms with van der Waals surface area (Å²) in [7, 11) is 1.30. The Balaban J connectivity index is 2.39. The fraction of sp³-hybridized carbons (Fsp3) is 0.556. The summed E-state index contributed by atoms with van der Waals surface area (Å²) in [6.07, 6.45) is 3.62. The molecule has 1 atom stereocenters. The summed E-state index contributed by atoms with van der Waals surface area (Å²) in [6, 6.07) is -0.570. The molecule has 1 unspecified atom stereocenters. The first-order valence-electron chi connectivity index (χ1n) is 4.23. The van der Waals surface area contributed by atoms with Gasteiger partial charge in [0, 0.05) is 5.57 Å². The van der Waals surface area contributed by atoms with E-state index in [1.54, 1.807) is 6.92 Å². The Bertz CT molecular complexity index is 258. The molecule has 0 radical (unpaired) electrons. The van der Waals surface area contributed by atoms with Crippen LogP contribution in [-0.4, -0.2) is 25.0 Å². The number of esters is 1. The van der Waals surface area contributed by atoms with Gasteiger partial charge in [-0.1, -0.05) is 6.08 Å². The van der Waals surface area contributed by atoms with Crippen LogP contribution in [0.5, 0.6) is 0 Å². The van der Waals surface area contributed by atoms with Crippen molar-refractivity contribution in [2.45, 2.75) is 25.8 Å². The molecule has 0 aromatic carbocycles. The average molecular weight is 183 g/mol. The van der Waals surface area contributed by atoms with E-state index in [-0.39, 0.29) is 5.91 Å². The molecule has 0 aromatic rings. The molecule has 0 saturated carbocycles. The number of carbonyl (C=O) groups is 2. The van der Waals surface area contributed by atoms with Crippen LogP contribution in [0.15, 0.2) is 11.6 Å². The van der Waals surface area contributed by atoms with Crippen molar-refractivity contribution in [3.8, 4) is 0 Å². The fourth-order valence-electron chi connectivity index (χ4n) is 1.02. The normalized spacial score (nSPS) is 16.6. The third kappa shape index (κ3) is 2.31. The van der Waals surface area contributed by atoms with Gasteiger partial charge in [0.15, 0.2) is 0 Å². The molecule has 13 heavy (non-hydrogen) atoms. The number of amides is 1. The molecule has 1 aliphatic rings. The molecule has 0 bridgehead atoms. The summed E-state index contributed by atoms with van der Waals surface area (Å²) in [5.41, 5.74) is 0.760. The maximum atomic E-state index is 11.3. The van der Waals surface area contributed by atoms with E-state index >= 15 is 0 Å². The minimum atomic E-state index is -0.570. The summed E-state index contributed by atoms with van der Waals surface area (Å²) >= 11 is 0. The monoisotopic (exact) mass is 183 g/mol. The highest BCUT2D eigenvalue weighted by Gasteiger charge is 2.20. The fourth-order valence-corrected chi connectivity index (χ4v) is 1.02. The van der Waals surface area contributed by atoms with Crippen molar-refractivity contribution in [3.63, 3.8) is 0 Å². The van der Waals surface area contributed by atoms with Crippen LogP contribution in [0, 0.1) is 0 Å². The van der Waals surface area contributed by atoms with Crippen molar-refractivity contribution in [3.05, 3.63) is 11.6 Å². The zero-order chi connectivity index (χ0) is 9.84. The van der Waals surface area contributed by atoms with E-state index < -0.39 is 12.0 Å². The van der Waals surface area contributed by atoms with Gasteiger partial charge in [0.25, 0.3) is 0 Å². The molecule has 72 valence electrons. The number of hydrogen-bond acceptors (Lipinski definition) is 3. The van der Waals surface area contributed by atoms with E-state index in [2.05, 4.69) is 10.1 Å². The molecule has 0 saturated heterocycles. The van der Waals surface area contributed by atoms with Gasteiger partial charge >= 0.3 is 5.97 Å². The zero-order valence-corrected chi connectivity index (χ0v) is 7.79. The molecule has 1 N–H and O–H groups in total. The van der Waals surface area contributed by atoms with Crippen LogP contribution in [-0.2, 0) is 14.3 Å². The first-order valence-corrected chi connectivity index (χ1v) is 4.23. The zero-order valence-electron chi connectivity index (χ0n) is 7.79. The first-order chi connectivity index (χ1) is 6.15. The molecule has 1 aliphatic carbocycles. The number of ether oxygens (including phenoxy) is 1. The van der Waals surface area contributed by atoms with Gasteiger partial charge in [-0.05, 0) is 19.8 Å². The number of rotatable bonds is 3. The van der Waals surface area contributed by atoms with Crippen molar-refractivity contribution in [2.24, 2.45) is 0 Å². The Hall–Kier alpha value is -1.32. The Kier molecular flexibility index (Phi) is 3.06. The smallest absolute Gasteiger partial charge is 0.328 e. The average Bonchev–Trinajstić information content (AvgIpc) is 1.99. The van der Waals surface area contributed by atoms with Gasteiger partial charge in [-0.25, -0.2) is 4.79 Å². The Labute approximate surface area is 76.9 Å². The summed E-state index contributed by atoms with van der Waals surface area (Å²) in [5.74, 6) is -0.586. The third-order valence-corrected chi connectivity index (χ3v) is 2.00. The molecule has 4 heteroatoms. The van der Waals surface area contributed by atoms with Crippen LogP contribution in [0.25, 0.3) is 0 Å². The first kappa shape index (κ1) is 9.77. The van der Waals surface area contributed by atoms with Gasteiger partial charge in [-0.3, -0.25) is 4.79 Å². The maximum Gasteiger partial charge on any atom is 0.328 e. The maximum absolute atomic E-state index is 11.3. The number of carbonyl (C=O) groups excluding carboxylic acids is 2. The predicted octanol–water partition coefficient (Wildman–Crippen LogP) is 0.384. The van der Waals surface area contributed by atoms with Crippen molar-refractivity contribution in [1.29, 1.82) is 0 Å². The van der Waals surface area contributed by atoms with Crippen LogP contribution in [0.2, 0.25) is 0 Å². The van der Waals surface area contributed by atoms with Crippen molar-refractivity contribution in [1.82, 2.24) is 5.32 Å². The van der Waals surface area contributed by atoms with Crippen LogP contribution in [0.3, 0.4) is 0 Å². The van der Waals surface area contributed by atoms with Crippen LogP contribution in [0.4, 0.5) is 0 Å². The lowest BCUT2D eigenvalue weighted by Gasteiger charge is -2.16. The number of methoxy groups -OCH3 is 1. The summed E-state index contributed by atoms with van der Waals surface area (Å²) in [4.78, 5) is 22.2. The largest absolute Gasteiger partial charge is 0.467 e. The van der Waals surface area contributed by atoms with E-state index in [1.807, 2.05) is 6.08 Å². The molecule has 4 nitrogen and oxygen atoms in total. The molecule has 0 heterocycles. The van der Waals surface area contributed by atoms with Gasteiger partial charge in [-0.15, -0.1) is 0 Å². The highest BCUT2D eigenvalue weighted by atomic mass is 16.5. The standard InChI is InChI=1S/C9H13NO3/c1-6(9(12)13-2)10-8(11)7-4-3-5-7/h4,6H,3,5H2,1-2H3,(H,10,11). The third-order valence-electron chi connectivity index (χ3n) is 2.00. The van der Waals surface area contributed by atoms with E-state index in [9.17, 15) is 9.59 Å². The molecule has 1 amide bonds. The number of allylic oxidation sites excluding steroid dienone is 1. The highest BCUT2D eigenvalue weighted by molar-refractivity contribution is 5.96.